The van der Waals surface area contributed by atoms with E-state index in [9.17, 15) is 5.11 Å². The van der Waals surface area contributed by atoms with Crippen molar-refractivity contribution in [3.63, 3.8) is 0 Å². The molecule has 0 spiro atoms. The highest BCUT2D eigenvalue weighted by atomic mass is 16.5. The quantitative estimate of drug-likeness (QED) is 0.669. The maximum atomic E-state index is 9.18. The van der Waals surface area contributed by atoms with Crippen LogP contribution in [-0.2, 0) is 0 Å². The molecule has 0 aliphatic heterocycles. The van der Waals surface area contributed by atoms with Crippen LogP contribution < -0.4 is 25.4 Å². The maximum absolute atomic E-state index is 9.18. The average molecular weight is 333 g/mol. The van der Waals surface area contributed by atoms with Crippen LogP contribution in [0.4, 0.5) is 23.0 Å². The smallest absolute Gasteiger partial charge is 0.159 e. The molecule has 0 fully saturated rings. The molecule has 4 N–H and O–H groups in total. The number of aromatic nitrogens is 2. The molecule has 8 nitrogen and oxygen atoms in total. The number of rotatable bonds is 8. The Morgan fingerprint density at radius 3 is 2.67 bits per heavy atom. The van der Waals surface area contributed by atoms with E-state index in [0.717, 1.165) is 0 Å². The fourth-order valence-electron chi connectivity index (χ4n) is 2.31. The van der Waals surface area contributed by atoms with E-state index in [2.05, 4.69) is 15.3 Å². The highest BCUT2D eigenvalue weighted by Crippen LogP contribution is 2.34. The normalized spacial score (nSPS) is 10.3. The summed E-state index contributed by atoms with van der Waals surface area (Å²) < 4.78 is 10.6. The van der Waals surface area contributed by atoms with Crippen LogP contribution in [-0.4, -0.2) is 49.0 Å². The van der Waals surface area contributed by atoms with E-state index in [0.29, 0.717) is 47.6 Å². The van der Waals surface area contributed by atoms with E-state index in [1.807, 2.05) is 11.8 Å². The first-order chi connectivity index (χ1) is 11.6. The van der Waals surface area contributed by atoms with Gasteiger partial charge in [0.05, 0.1) is 26.5 Å². The van der Waals surface area contributed by atoms with E-state index in [-0.39, 0.29) is 6.61 Å². The third kappa shape index (κ3) is 3.77. The predicted octanol–water partition coefficient (Wildman–Crippen LogP) is 1.64. The Labute approximate surface area is 141 Å². The highest BCUT2D eigenvalue weighted by molar-refractivity contribution is 5.80. The van der Waals surface area contributed by atoms with E-state index >= 15 is 0 Å². The van der Waals surface area contributed by atoms with Gasteiger partial charge in [-0.3, -0.25) is 0 Å². The first-order valence-electron chi connectivity index (χ1n) is 7.59. The Kier molecular flexibility index (Phi) is 6.02. The number of nitrogens with two attached hydrogens (primary N) is 1. The van der Waals surface area contributed by atoms with Crippen LogP contribution in [0.5, 0.6) is 11.5 Å². The topological polar surface area (TPSA) is 106 Å². The van der Waals surface area contributed by atoms with Gasteiger partial charge in [0.15, 0.2) is 11.6 Å². The summed E-state index contributed by atoms with van der Waals surface area (Å²) in [5.74, 6) is 2.36. The molecule has 0 bridgehead atoms. The molecule has 0 atom stereocenters. The zero-order chi connectivity index (χ0) is 17.5. The summed E-state index contributed by atoms with van der Waals surface area (Å²) in [7, 11) is 3.18. The van der Waals surface area contributed by atoms with Crippen LogP contribution in [0.25, 0.3) is 0 Å². The Morgan fingerprint density at radius 1 is 1.25 bits per heavy atom. The first-order valence-corrected chi connectivity index (χ1v) is 7.59. The molecule has 130 valence electrons. The number of nitrogens with one attached hydrogen (secondary N) is 1. The Balaban J connectivity index is 2.37. The molecule has 2 rings (SSSR count). The lowest BCUT2D eigenvalue weighted by Gasteiger charge is -2.23. The number of anilines is 4. The van der Waals surface area contributed by atoms with Crippen LogP contribution in [0.15, 0.2) is 24.5 Å². The number of aliphatic hydroxyl groups is 1. The van der Waals surface area contributed by atoms with Crippen molar-refractivity contribution in [3.05, 3.63) is 24.5 Å². The number of hydrogen-bond donors (Lipinski definition) is 3. The van der Waals surface area contributed by atoms with Gasteiger partial charge in [-0.1, -0.05) is 0 Å². The second-order valence-electron chi connectivity index (χ2n) is 4.95. The molecule has 0 saturated heterocycles. The van der Waals surface area contributed by atoms with Gasteiger partial charge in [-0.15, -0.1) is 0 Å². The van der Waals surface area contributed by atoms with Gasteiger partial charge in [0.2, 0.25) is 0 Å². The zero-order valence-electron chi connectivity index (χ0n) is 14.1. The van der Waals surface area contributed by atoms with Crippen molar-refractivity contribution in [3.8, 4) is 11.5 Å². The second kappa shape index (κ2) is 8.21. The van der Waals surface area contributed by atoms with E-state index in [4.69, 9.17) is 15.2 Å². The largest absolute Gasteiger partial charge is 0.497 e. The van der Waals surface area contributed by atoms with Crippen LogP contribution in [0, 0.1) is 0 Å². The van der Waals surface area contributed by atoms with Crippen molar-refractivity contribution in [2.24, 2.45) is 0 Å². The van der Waals surface area contributed by atoms with Gasteiger partial charge in [0.1, 0.15) is 23.5 Å². The molecule has 8 heteroatoms. The zero-order valence-corrected chi connectivity index (χ0v) is 14.1. The van der Waals surface area contributed by atoms with Crippen LogP contribution in [0.1, 0.15) is 6.92 Å². The minimum absolute atomic E-state index is 0.0176. The summed E-state index contributed by atoms with van der Waals surface area (Å²) in [5, 5.41) is 12.3. The molecule has 24 heavy (non-hydrogen) atoms. The summed E-state index contributed by atoms with van der Waals surface area (Å²) in [6, 6.07) is 5.40. The third-order valence-corrected chi connectivity index (χ3v) is 3.57. The summed E-state index contributed by atoms with van der Waals surface area (Å²) in [5.41, 5.74) is 7.30. The minimum Gasteiger partial charge on any atom is -0.497 e. The number of hydrogen-bond acceptors (Lipinski definition) is 8. The summed E-state index contributed by atoms with van der Waals surface area (Å²) in [4.78, 5) is 10.3. The Hall–Kier alpha value is -2.74. The lowest BCUT2D eigenvalue weighted by molar-refractivity contribution is 0.302. The van der Waals surface area contributed by atoms with Crippen molar-refractivity contribution in [2.75, 3.05) is 49.9 Å². The molecular formula is C16H23N5O3. The number of likely N-dealkylation sites (N-methyl/N-ethyl adjacent to an activating group) is 1. The average Bonchev–Trinajstić information content (AvgIpc) is 2.61. The molecule has 0 aliphatic carbocycles. The van der Waals surface area contributed by atoms with Gasteiger partial charge in [-0.2, -0.15) is 0 Å². The SMILES string of the molecule is CCN(CCO)c1ncnc(Nc2cc(OC)ccc2OC)c1N. The van der Waals surface area contributed by atoms with Crippen molar-refractivity contribution < 1.29 is 14.6 Å². The van der Waals surface area contributed by atoms with Crippen LogP contribution in [0.2, 0.25) is 0 Å². The number of nitrogen functional groups attached to an aromatic ring is 1. The van der Waals surface area contributed by atoms with Gasteiger partial charge in [-0.05, 0) is 19.1 Å². The highest BCUT2D eigenvalue weighted by Gasteiger charge is 2.15. The molecule has 0 unspecified atom stereocenters. The van der Waals surface area contributed by atoms with Crippen molar-refractivity contribution in [1.82, 2.24) is 9.97 Å². The molecule has 0 saturated carbocycles. The lowest BCUT2D eigenvalue weighted by atomic mass is 10.2. The second-order valence-corrected chi connectivity index (χ2v) is 4.95. The number of methoxy groups -OCH3 is 2. The van der Waals surface area contributed by atoms with Crippen molar-refractivity contribution in [1.29, 1.82) is 0 Å². The van der Waals surface area contributed by atoms with Crippen molar-refractivity contribution >= 4 is 23.0 Å². The van der Waals surface area contributed by atoms with Gasteiger partial charge in [-0.25, -0.2) is 9.97 Å². The Bertz CT molecular complexity index is 681. The van der Waals surface area contributed by atoms with Gasteiger partial charge >= 0.3 is 0 Å². The van der Waals surface area contributed by atoms with Gasteiger partial charge in [0.25, 0.3) is 0 Å². The number of benzene rings is 1. The number of aliphatic hydroxyl groups excluding tert-OH is 1. The summed E-state index contributed by atoms with van der Waals surface area (Å²) in [6.07, 6.45) is 1.43. The Morgan fingerprint density at radius 2 is 2.04 bits per heavy atom. The van der Waals surface area contributed by atoms with Gasteiger partial charge < -0.3 is 30.5 Å². The molecule has 0 amide bonds. The fourth-order valence-corrected chi connectivity index (χ4v) is 2.31. The van der Waals surface area contributed by atoms with Gasteiger partial charge in [0, 0.05) is 19.2 Å². The van der Waals surface area contributed by atoms with E-state index in [1.165, 1.54) is 6.33 Å². The van der Waals surface area contributed by atoms with E-state index < -0.39 is 0 Å². The third-order valence-electron chi connectivity index (χ3n) is 3.57. The molecule has 1 aromatic carbocycles. The first kappa shape index (κ1) is 17.6. The van der Waals surface area contributed by atoms with Crippen LogP contribution in [0.3, 0.4) is 0 Å². The molecular weight excluding hydrogens is 310 g/mol. The van der Waals surface area contributed by atoms with Crippen LogP contribution >= 0.6 is 0 Å². The summed E-state index contributed by atoms with van der Waals surface area (Å²) in [6.45, 7) is 3.10. The molecule has 1 aromatic heterocycles. The number of ether oxygens (including phenoxy) is 2. The number of nitrogens with zero attached hydrogens (tertiary/aromatic N) is 3. The van der Waals surface area contributed by atoms with Crippen molar-refractivity contribution in [2.45, 2.75) is 6.92 Å². The molecule has 2 aromatic rings. The fraction of sp³-hybridized carbons (Fsp3) is 0.375. The van der Waals surface area contributed by atoms with E-state index in [1.54, 1.807) is 32.4 Å². The standard InChI is InChI=1S/C16H23N5O3/c1-4-21(7-8-22)16-14(17)15(18-10-19-16)20-12-9-11(23-2)5-6-13(12)24-3/h5-6,9-10,22H,4,7-8,17H2,1-3H3,(H,18,19,20). The maximum Gasteiger partial charge on any atom is 0.159 e. The minimum atomic E-state index is 0.0176. The molecule has 1 heterocycles. The molecule has 0 radical (unpaired) electrons. The lowest BCUT2D eigenvalue weighted by Crippen LogP contribution is -2.28. The predicted molar refractivity (Wildman–Crippen MR) is 94.2 cm³/mol. The molecule has 0 aliphatic rings. The monoisotopic (exact) mass is 333 g/mol. The summed E-state index contributed by atoms with van der Waals surface area (Å²) >= 11 is 0.